The highest BCUT2D eigenvalue weighted by molar-refractivity contribution is 7.89. The highest BCUT2D eigenvalue weighted by atomic mass is 32.2. The lowest BCUT2D eigenvalue weighted by Gasteiger charge is -2.14. The van der Waals surface area contributed by atoms with Crippen LogP contribution in [-0.2, 0) is 10.0 Å². The summed E-state index contributed by atoms with van der Waals surface area (Å²) in [6.45, 7) is 1.75. The molecule has 2 aromatic heterocycles. The molecule has 0 fully saturated rings. The Morgan fingerprint density at radius 3 is 2.80 bits per heavy atom. The van der Waals surface area contributed by atoms with Gasteiger partial charge in [-0.1, -0.05) is 12.1 Å². The fraction of sp³-hybridized carbons (Fsp3) is 0.125. The molecule has 0 aliphatic carbocycles. The van der Waals surface area contributed by atoms with E-state index in [1.54, 1.807) is 36.6 Å². The summed E-state index contributed by atoms with van der Waals surface area (Å²) in [5.41, 5.74) is 0.896. The molecule has 1 amide bonds. The number of thiazole rings is 1. The summed E-state index contributed by atoms with van der Waals surface area (Å²) in [7, 11) is -3.80. The molecule has 2 heterocycles. The van der Waals surface area contributed by atoms with Crippen LogP contribution in [0.5, 0.6) is 0 Å². The fourth-order valence-electron chi connectivity index (χ4n) is 2.21. The van der Waals surface area contributed by atoms with Crippen LogP contribution in [0, 0.1) is 0 Å². The molecule has 25 heavy (non-hydrogen) atoms. The molecule has 3 rings (SSSR count). The van der Waals surface area contributed by atoms with Crippen molar-refractivity contribution in [2.24, 2.45) is 5.14 Å². The van der Waals surface area contributed by atoms with Gasteiger partial charge in [-0.3, -0.25) is 4.79 Å². The normalized spacial score (nSPS) is 12.7. The van der Waals surface area contributed by atoms with Crippen molar-refractivity contribution in [3.05, 3.63) is 59.3 Å². The van der Waals surface area contributed by atoms with Crippen LogP contribution in [0.3, 0.4) is 0 Å². The van der Waals surface area contributed by atoms with E-state index in [0.29, 0.717) is 16.3 Å². The molecule has 3 N–H and O–H groups in total. The quantitative estimate of drug-likeness (QED) is 0.709. The number of furan rings is 1. The van der Waals surface area contributed by atoms with Gasteiger partial charge in [-0.05, 0) is 36.8 Å². The lowest BCUT2D eigenvalue weighted by Crippen LogP contribution is -2.27. The maximum Gasteiger partial charge on any atom is 0.271 e. The van der Waals surface area contributed by atoms with Crippen LogP contribution in [0.2, 0.25) is 0 Å². The van der Waals surface area contributed by atoms with Crippen LogP contribution in [0.15, 0.2) is 57.4 Å². The third kappa shape index (κ3) is 3.95. The average molecular weight is 377 g/mol. The number of aromatic nitrogens is 1. The second-order valence-electron chi connectivity index (χ2n) is 5.33. The Morgan fingerprint density at radius 2 is 2.12 bits per heavy atom. The molecule has 1 unspecified atom stereocenters. The Bertz CT molecular complexity index is 994. The number of nitrogens with one attached hydrogen (secondary N) is 1. The molecule has 3 aromatic rings. The summed E-state index contributed by atoms with van der Waals surface area (Å²) in [6.07, 6.45) is 1.54. The number of sulfonamides is 1. The second kappa shape index (κ2) is 6.79. The third-order valence-electron chi connectivity index (χ3n) is 3.50. The van der Waals surface area contributed by atoms with Crippen molar-refractivity contribution in [2.45, 2.75) is 17.9 Å². The SMILES string of the molecule is CC(NC(=O)c1csc(-c2ccco2)n1)c1cccc(S(N)(=O)=O)c1. The first kappa shape index (κ1) is 17.3. The van der Waals surface area contributed by atoms with Crippen molar-refractivity contribution in [1.29, 1.82) is 0 Å². The van der Waals surface area contributed by atoms with E-state index >= 15 is 0 Å². The number of rotatable bonds is 5. The zero-order valence-electron chi connectivity index (χ0n) is 13.2. The monoisotopic (exact) mass is 377 g/mol. The molecule has 0 saturated carbocycles. The average Bonchev–Trinajstić information content (AvgIpc) is 3.25. The maximum absolute atomic E-state index is 12.4. The van der Waals surface area contributed by atoms with Crippen LogP contribution < -0.4 is 10.5 Å². The molecule has 1 aromatic carbocycles. The molecule has 0 radical (unpaired) electrons. The first-order chi connectivity index (χ1) is 11.8. The molecule has 0 spiro atoms. The molecule has 9 heteroatoms. The Balaban J connectivity index is 1.75. The first-order valence-corrected chi connectivity index (χ1v) is 9.70. The molecule has 1 atom stereocenters. The van der Waals surface area contributed by atoms with Gasteiger partial charge in [-0.15, -0.1) is 11.3 Å². The molecule has 130 valence electrons. The highest BCUT2D eigenvalue weighted by Crippen LogP contribution is 2.24. The predicted molar refractivity (Wildman–Crippen MR) is 93.5 cm³/mol. The van der Waals surface area contributed by atoms with Crippen molar-refractivity contribution >= 4 is 27.3 Å². The van der Waals surface area contributed by atoms with E-state index < -0.39 is 16.1 Å². The standard InChI is InChI=1S/C16H15N3O4S2/c1-10(11-4-2-5-12(8-11)25(17,21)22)18-15(20)13-9-24-16(19-13)14-6-3-7-23-14/h2-10H,1H3,(H,18,20)(H2,17,21,22). The van der Waals surface area contributed by atoms with Gasteiger partial charge in [0.2, 0.25) is 10.0 Å². The van der Waals surface area contributed by atoms with Gasteiger partial charge >= 0.3 is 0 Å². The number of hydrogen-bond donors (Lipinski definition) is 2. The predicted octanol–water partition coefficient (Wildman–Crippen LogP) is 2.54. The summed E-state index contributed by atoms with van der Waals surface area (Å²) >= 11 is 1.30. The van der Waals surface area contributed by atoms with Gasteiger partial charge < -0.3 is 9.73 Å². The van der Waals surface area contributed by atoms with Gasteiger partial charge in [0.05, 0.1) is 17.2 Å². The van der Waals surface area contributed by atoms with Crippen molar-refractivity contribution in [3.63, 3.8) is 0 Å². The third-order valence-corrected chi connectivity index (χ3v) is 5.27. The van der Waals surface area contributed by atoms with E-state index in [9.17, 15) is 13.2 Å². The summed E-state index contributed by atoms with van der Waals surface area (Å²) < 4.78 is 28.1. The minimum Gasteiger partial charge on any atom is -0.462 e. The van der Waals surface area contributed by atoms with Gasteiger partial charge in [0.15, 0.2) is 10.8 Å². The summed E-state index contributed by atoms with van der Waals surface area (Å²) in [5, 5.41) is 10.2. The van der Waals surface area contributed by atoms with Crippen molar-refractivity contribution in [3.8, 4) is 10.8 Å². The van der Waals surface area contributed by atoms with Crippen LogP contribution in [0.4, 0.5) is 0 Å². The van der Waals surface area contributed by atoms with E-state index in [0.717, 1.165) is 0 Å². The lowest BCUT2D eigenvalue weighted by atomic mass is 10.1. The largest absolute Gasteiger partial charge is 0.462 e. The van der Waals surface area contributed by atoms with Gasteiger partial charge in [-0.2, -0.15) is 0 Å². The van der Waals surface area contributed by atoms with Crippen molar-refractivity contribution < 1.29 is 17.6 Å². The van der Waals surface area contributed by atoms with Crippen LogP contribution in [0.25, 0.3) is 10.8 Å². The Morgan fingerprint density at radius 1 is 1.32 bits per heavy atom. The van der Waals surface area contributed by atoms with Crippen LogP contribution in [-0.4, -0.2) is 19.3 Å². The summed E-state index contributed by atoms with van der Waals surface area (Å²) in [5.74, 6) is 0.237. The summed E-state index contributed by atoms with van der Waals surface area (Å²) in [6, 6.07) is 9.24. The minimum atomic E-state index is -3.80. The number of carbonyl (C=O) groups excluding carboxylic acids is 1. The Labute approximate surface area is 148 Å². The smallest absolute Gasteiger partial charge is 0.271 e. The molecule has 0 bridgehead atoms. The molecule has 0 aliphatic rings. The number of amides is 1. The van der Waals surface area contributed by atoms with Crippen LogP contribution >= 0.6 is 11.3 Å². The zero-order valence-corrected chi connectivity index (χ0v) is 14.8. The number of benzene rings is 1. The van der Waals surface area contributed by atoms with Gasteiger partial charge in [0, 0.05) is 5.38 Å². The van der Waals surface area contributed by atoms with E-state index in [1.165, 1.54) is 29.7 Å². The zero-order chi connectivity index (χ0) is 18.0. The van der Waals surface area contributed by atoms with Crippen molar-refractivity contribution in [2.75, 3.05) is 0 Å². The lowest BCUT2D eigenvalue weighted by molar-refractivity contribution is 0.0935. The minimum absolute atomic E-state index is 0.000127. The van der Waals surface area contributed by atoms with E-state index in [2.05, 4.69) is 10.3 Å². The summed E-state index contributed by atoms with van der Waals surface area (Å²) in [4.78, 5) is 16.6. The number of primary sulfonamides is 1. The number of hydrogen-bond acceptors (Lipinski definition) is 6. The Kier molecular flexibility index (Phi) is 4.71. The van der Waals surface area contributed by atoms with Gasteiger partial charge in [0.25, 0.3) is 5.91 Å². The highest BCUT2D eigenvalue weighted by Gasteiger charge is 2.17. The van der Waals surface area contributed by atoms with E-state index in [1.807, 2.05) is 0 Å². The number of carbonyl (C=O) groups is 1. The molecule has 0 saturated heterocycles. The molecule has 7 nitrogen and oxygen atoms in total. The Hall–Kier alpha value is -2.49. The van der Waals surface area contributed by atoms with Gasteiger partial charge in [0.1, 0.15) is 5.69 Å². The first-order valence-electron chi connectivity index (χ1n) is 7.27. The molecular weight excluding hydrogens is 362 g/mol. The van der Waals surface area contributed by atoms with E-state index in [-0.39, 0.29) is 16.5 Å². The number of nitrogens with zero attached hydrogens (tertiary/aromatic N) is 1. The topological polar surface area (TPSA) is 115 Å². The van der Waals surface area contributed by atoms with Crippen LogP contribution in [0.1, 0.15) is 29.0 Å². The van der Waals surface area contributed by atoms with E-state index in [4.69, 9.17) is 9.56 Å². The van der Waals surface area contributed by atoms with Gasteiger partial charge in [-0.25, -0.2) is 18.5 Å². The number of nitrogens with two attached hydrogens (primary N) is 1. The maximum atomic E-state index is 12.4. The second-order valence-corrected chi connectivity index (χ2v) is 7.75. The molecular formula is C16H15N3O4S2. The van der Waals surface area contributed by atoms with Crippen molar-refractivity contribution in [1.82, 2.24) is 10.3 Å². The molecule has 0 aliphatic heterocycles. The fourth-order valence-corrected chi connectivity index (χ4v) is 3.54.